The smallest absolute Gasteiger partial charge is 0.340 e. The molecule has 0 aromatic heterocycles. The van der Waals surface area contributed by atoms with E-state index in [0.717, 1.165) is 32.0 Å². The number of ether oxygens (including phenoxy) is 6. The van der Waals surface area contributed by atoms with Crippen LogP contribution in [0.4, 0.5) is 5.69 Å². The van der Waals surface area contributed by atoms with Crippen molar-refractivity contribution in [1.29, 1.82) is 0 Å². The van der Waals surface area contributed by atoms with Gasteiger partial charge >= 0.3 is 5.97 Å². The molecule has 0 radical (unpaired) electrons. The van der Waals surface area contributed by atoms with Gasteiger partial charge in [0.25, 0.3) is 0 Å². The average Bonchev–Trinajstić information content (AvgIpc) is 4.04. The number of esters is 1. The van der Waals surface area contributed by atoms with Gasteiger partial charge in [-0.2, -0.15) is 0 Å². The summed E-state index contributed by atoms with van der Waals surface area (Å²) in [5, 5.41) is 90.0. The molecule has 66 heavy (non-hydrogen) atoms. The molecule has 23 atom stereocenters. The molecular weight excluding hydrogens is 859 g/mol. The molecule has 17 heteroatoms. The van der Waals surface area contributed by atoms with Crippen molar-refractivity contribution in [3.05, 3.63) is 29.8 Å². The number of rotatable bonds is 10. The molecule has 9 N–H and O–H groups in total. The van der Waals surface area contributed by atoms with Gasteiger partial charge in [0, 0.05) is 34.9 Å². The van der Waals surface area contributed by atoms with Crippen LogP contribution in [0.3, 0.4) is 0 Å². The SMILES string of the molecule is CNc1ccccc1C(=O)OC1CC2(C)C(O)CC3(C)C4(C)CCC5C(C)(CO)C(OC6OCC(OC7OC(CO)C(O)C(O)C7O)C(O)C6O)CCC5(C)C4CC4OC43C2CC1(C)C=O. The Morgan fingerprint density at radius 3 is 2.20 bits per heavy atom. The van der Waals surface area contributed by atoms with Crippen LogP contribution in [0.2, 0.25) is 0 Å². The third-order valence-electron chi connectivity index (χ3n) is 20.0. The van der Waals surface area contributed by atoms with Crippen LogP contribution in [-0.4, -0.2) is 165 Å². The minimum Gasteiger partial charge on any atom is -0.458 e. The third-order valence-corrected chi connectivity index (χ3v) is 20.0. The number of aliphatic hydroxyl groups is 8. The van der Waals surface area contributed by atoms with Gasteiger partial charge in [0.1, 0.15) is 60.7 Å². The number of carbonyl (C=O) groups excluding carboxylic acids is 2. The second-order valence-corrected chi connectivity index (χ2v) is 22.9. The first-order valence-electron chi connectivity index (χ1n) is 24.1. The van der Waals surface area contributed by atoms with E-state index >= 15 is 0 Å². The molecule has 3 saturated heterocycles. The normalized spacial score (nSPS) is 54.0. The minimum absolute atomic E-state index is 0.0232. The van der Waals surface area contributed by atoms with Crippen LogP contribution in [0.1, 0.15) is 103 Å². The Morgan fingerprint density at radius 1 is 0.803 bits per heavy atom. The van der Waals surface area contributed by atoms with Gasteiger partial charge in [-0.1, -0.05) is 46.8 Å². The summed E-state index contributed by atoms with van der Waals surface area (Å²) in [5.74, 6) is -0.591. The second-order valence-electron chi connectivity index (χ2n) is 22.9. The number of carbonyl (C=O) groups is 2. The summed E-state index contributed by atoms with van der Waals surface area (Å²) in [6.07, 6.45) is -9.92. The first-order chi connectivity index (χ1) is 31.1. The lowest BCUT2D eigenvalue weighted by Gasteiger charge is -2.73. The van der Waals surface area contributed by atoms with Crippen molar-refractivity contribution < 1.29 is 78.9 Å². The van der Waals surface area contributed by atoms with Crippen LogP contribution < -0.4 is 5.32 Å². The van der Waals surface area contributed by atoms with Gasteiger partial charge in [-0.05, 0) is 93.1 Å². The van der Waals surface area contributed by atoms with Gasteiger partial charge in [0.2, 0.25) is 0 Å². The number of para-hydroxylation sites is 1. The van der Waals surface area contributed by atoms with Crippen molar-refractivity contribution in [1.82, 2.24) is 0 Å². The molecule has 3 heterocycles. The van der Waals surface area contributed by atoms with E-state index in [2.05, 4.69) is 33.0 Å². The fourth-order valence-electron chi connectivity index (χ4n) is 15.7. The summed E-state index contributed by atoms with van der Waals surface area (Å²) >= 11 is 0. The van der Waals surface area contributed by atoms with Crippen LogP contribution in [0, 0.1) is 50.2 Å². The number of anilines is 1. The molecule has 1 spiro atoms. The fraction of sp³-hybridized carbons (Fsp3) is 0.837. The lowest BCUT2D eigenvalue weighted by atomic mass is 9.31. The van der Waals surface area contributed by atoms with Gasteiger partial charge in [-0.25, -0.2) is 4.79 Å². The van der Waals surface area contributed by atoms with Gasteiger partial charge in [-0.15, -0.1) is 0 Å². The molecule has 5 aliphatic carbocycles. The Morgan fingerprint density at radius 2 is 1.52 bits per heavy atom. The summed E-state index contributed by atoms with van der Waals surface area (Å²) in [4.78, 5) is 27.0. The summed E-state index contributed by atoms with van der Waals surface area (Å²) < 4.78 is 37.1. The van der Waals surface area contributed by atoms with Gasteiger partial charge in [0.15, 0.2) is 12.6 Å². The molecule has 8 fully saturated rings. The van der Waals surface area contributed by atoms with Crippen molar-refractivity contribution in [2.24, 2.45) is 50.2 Å². The van der Waals surface area contributed by atoms with E-state index < -0.39 is 113 Å². The highest BCUT2D eigenvalue weighted by molar-refractivity contribution is 5.95. The Labute approximate surface area is 386 Å². The largest absolute Gasteiger partial charge is 0.458 e. The predicted octanol–water partition coefficient (Wildman–Crippen LogP) is 1.67. The number of epoxide rings is 1. The van der Waals surface area contributed by atoms with E-state index in [-0.39, 0.29) is 47.9 Å². The maximum atomic E-state index is 13.7. The monoisotopic (exact) mass is 931 g/mol. The first kappa shape index (κ1) is 48.7. The number of hydrogen-bond acceptors (Lipinski definition) is 17. The Kier molecular flexibility index (Phi) is 12.3. The van der Waals surface area contributed by atoms with Gasteiger partial charge < -0.3 is 79.4 Å². The highest BCUT2D eigenvalue weighted by Crippen LogP contribution is 2.83. The zero-order valence-corrected chi connectivity index (χ0v) is 39.2. The van der Waals surface area contributed by atoms with Crippen molar-refractivity contribution in [3.63, 3.8) is 0 Å². The zero-order chi connectivity index (χ0) is 47.7. The zero-order valence-electron chi connectivity index (χ0n) is 39.2. The molecule has 5 saturated carbocycles. The number of hydrogen-bond donors (Lipinski definition) is 9. The molecule has 3 aliphatic heterocycles. The minimum atomic E-state index is -1.71. The van der Waals surface area contributed by atoms with Crippen LogP contribution in [-0.2, 0) is 33.2 Å². The van der Waals surface area contributed by atoms with E-state index in [9.17, 15) is 50.4 Å². The Balaban J connectivity index is 0.920. The molecule has 17 nitrogen and oxygen atoms in total. The molecule has 8 aliphatic rings. The Bertz CT molecular complexity index is 2010. The van der Waals surface area contributed by atoms with E-state index in [1.54, 1.807) is 25.2 Å². The maximum Gasteiger partial charge on any atom is 0.340 e. The average molecular weight is 932 g/mol. The van der Waals surface area contributed by atoms with E-state index in [1.807, 2.05) is 19.9 Å². The first-order valence-corrected chi connectivity index (χ1v) is 24.1. The van der Waals surface area contributed by atoms with Crippen molar-refractivity contribution >= 4 is 17.9 Å². The second kappa shape index (κ2) is 16.6. The number of benzene rings is 1. The lowest BCUT2D eigenvalue weighted by molar-refractivity contribution is -0.353. The van der Waals surface area contributed by atoms with Crippen molar-refractivity contribution in [2.45, 2.75) is 178 Å². The van der Waals surface area contributed by atoms with E-state index in [4.69, 9.17) is 28.4 Å². The molecule has 0 amide bonds. The quantitative estimate of drug-likeness (QED) is 0.0699. The van der Waals surface area contributed by atoms with Crippen molar-refractivity contribution in [2.75, 3.05) is 32.2 Å². The molecule has 23 unspecified atom stereocenters. The van der Waals surface area contributed by atoms with Crippen LogP contribution >= 0.6 is 0 Å². The molecule has 1 aromatic rings. The molecule has 9 rings (SSSR count). The predicted molar refractivity (Wildman–Crippen MR) is 233 cm³/mol. The number of aliphatic hydroxyl groups excluding tert-OH is 8. The Hall–Kier alpha value is -2.36. The summed E-state index contributed by atoms with van der Waals surface area (Å²) in [6, 6.07) is 7.11. The molecule has 1 aromatic carbocycles. The number of fused-ring (bicyclic) bond motifs is 5. The summed E-state index contributed by atoms with van der Waals surface area (Å²) in [6.45, 7) is 11.8. The number of nitrogens with one attached hydrogen (secondary N) is 1. The highest BCUT2D eigenvalue weighted by Gasteiger charge is 2.86. The maximum absolute atomic E-state index is 13.7. The van der Waals surface area contributed by atoms with Gasteiger partial charge in [-0.3, -0.25) is 0 Å². The molecular formula is C49H73NO16. The lowest BCUT2D eigenvalue weighted by Crippen LogP contribution is -2.74. The topological polar surface area (TPSA) is 267 Å². The molecule has 370 valence electrons. The van der Waals surface area contributed by atoms with Crippen LogP contribution in [0.25, 0.3) is 0 Å². The van der Waals surface area contributed by atoms with Crippen molar-refractivity contribution in [3.8, 4) is 0 Å². The standard InChI is InChI=1S/C49H73NO16/c1-43(22-52)17-30-45(3,19-34(43)64-40(60)24-10-8-9-11-25(24)50-7)31(54)18-48(6)47(5)15-12-28-44(2,29(47)16-33-49(30,48)66-33)14-13-32(46(28,4)23-53)65-41-38(58)36(56)27(21-61-41)63-42-39(59)37(57)35(55)26(20-51)62-42/h8-11,22,26-39,41-42,50-51,53-59H,12-21,23H2,1-7H3. The third kappa shape index (κ3) is 6.72. The van der Waals surface area contributed by atoms with E-state index in [1.165, 1.54) is 0 Å². The summed E-state index contributed by atoms with van der Waals surface area (Å²) in [7, 11) is 1.74. The fourth-order valence-corrected chi connectivity index (χ4v) is 15.7. The highest BCUT2D eigenvalue weighted by atomic mass is 16.7. The summed E-state index contributed by atoms with van der Waals surface area (Å²) in [5.41, 5.74) is -3.20. The molecule has 0 bridgehead atoms. The van der Waals surface area contributed by atoms with Crippen LogP contribution in [0.5, 0.6) is 0 Å². The number of aldehydes is 1. The van der Waals surface area contributed by atoms with Crippen LogP contribution in [0.15, 0.2) is 24.3 Å². The van der Waals surface area contributed by atoms with Gasteiger partial charge in [0.05, 0.1) is 49.1 Å². The van der Waals surface area contributed by atoms with E-state index in [0.29, 0.717) is 36.9 Å².